The molecular weight excluding hydrogens is 238 g/mol. The van der Waals surface area contributed by atoms with Gasteiger partial charge in [0.25, 0.3) is 0 Å². The number of nitrogens with one attached hydrogen (secondary N) is 1. The number of hydrogen-bond donors (Lipinski definition) is 0. The maximum atomic E-state index is 14.3. The van der Waals surface area contributed by atoms with Gasteiger partial charge < -0.3 is 9.64 Å². The molecule has 2 rings (SSSR count). The Balaban J connectivity index is 2.25. The Morgan fingerprint density at radius 1 is 1.22 bits per heavy atom. The van der Waals surface area contributed by atoms with Crippen molar-refractivity contribution in [2.45, 2.75) is 12.8 Å². The number of hydrogen-bond acceptors (Lipinski definition) is 2. The number of benzene rings is 1. The lowest BCUT2D eigenvalue weighted by Gasteiger charge is -2.29. The fourth-order valence-electron chi connectivity index (χ4n) is 2.13. The minimum atomic E-state index is -0.419. The lowest BCUT2D eigenvalue weighted by Crippen LogP contribution is -2.37. The number of nitrogens with zero attached hydrogens (tertiary/aromatic N) is 1. The molecule has 0 amide bonds. The predicted molar refractivity (Wildman–Crippen MR) is 65.7 cm³/mol. The van der Waals surface area contributed by atoms with Crippen LogP contribution in [-0.4, -0.2) is 32.8 Å². The maximum Gasteiger partial charge on any atom is 0.149 e. The molecule has 1 heterocycles. The number of ether oxygens (including phenoxy) is 1. The Bertz CT molecular complexity index is 406. The van der Waals surface area contributed by atoms with Gasteiger partial charge in [-0.1, -0.05) is 0 Å². The first kappa shape index (κ1) is 13.2. The Hall–Kier alpha value is -1.20. The number of aryl methyl sites for hydroxylation is 1. The van der Waals surface area contributed by atoms with E-state index < -0.39 is 5.82 Å². The molecule has 0 aromatic heterocycles. The standard InChI is InChI=1S/C13H17F2N2O/c14-11-8-10(2-1-3-16)13(15)12(9-11)17-4-6-18-7-5-17/h8-9,16H,1-7H2. The number of rotatable bonds is 4. The third kappa shape index (κ3) is 2.97. The SMILES string of the molecule is [NH]CCCc1cc(F)cc(N2CCOCC2)c1F. The molecule has 1 aromatic carbocycles. The van der Waals surface area contributed by atoms with Crippen LogP contribution in [0.3, 0.4) is 0 Å². The first-order chi connectivity index (χ1) is 8.72. The van der Waals surface area contributed by atoms with Crippen LogP contribution >= 0.6 is 0 Å². The van der Waals surface area contributed by atoms with Gasteiger partial charge in [-0.05, 0) is 24.5 Å². The van der Waals surface area contributed by atoms with E-state index in [0.29, 0.717) is 50.4 Å². The lowest BCUT2D eigenvalue weighted by molar-refractivity contribution is 0.122. The van der Waals surface area contributed by atoms with E-state index in [9.17, 15) is 8.78 Å². The summed E-state index contributed by atoms with van der Waals surface area (Å²) < 4.78 is 33.0. The molecule has 0 unspecified atom stereocenters. The van der Waals surface area contributed by atoms with Crippen molar-refractivity contribution in [2.75, 3.05) is 37.7 Å². The van der Waals surface area contributed by atoms with Crippen LogP contribution in [0.15, 0.2) is 12.1 Å². The second-order valence-electron chi connectivity index (χ2n) is 4.35. The zero-order chi connectivity index (χ0) is 13.0. The molecule has 5 heteroatoms. The van der Waals surface area contributed by atoms with Crippen LogP contribution in [-0.2, 0) is 11.2 Å². The van der Waals surface area contributed by atoms with E-state index in [1.165, 1.54) is 12.1 Å². The molecule has 0 spiro atoms. The van der Waals surface area contributed by atoms with Crippen LogP contribution in [0.5, 0.6) is 0 Å². The van der Waals surface area contributed by atoms with E-state index >= 15 is 0 Å². The molecule has 3 nitrogen and oxygen atoms in total. The molecule has 0 aliphatic carbocycles. The molecule has 0 atom stereocenters. The first-order valence-electron chi connectivity index (χ1n) is 6.17. The summed E-state index contributed by atoms with van der Waals surface area (Å²) >= 11 is 0. The van der Waals surface area contributed by atoms with Gasteiger partial charge in [-0.15, -0.1) is 0 Å². The van der Waals surface area contributed by atoms with Crippen molar-refractivity contribution in [3.05, 3.63) is 29.3 Å². The summed E-state index contributed by atoms with van der Waals surface area (Å²) in [6.07, 6.45) is 0.952. The molecule has 1 radical (unpaired) electrons. The van der Waals surface area contributed by atoms with Gasteiger partial charge in [0.15, 0.2) is 0 Å². The van der Waals surface area contributed by atoms with Gasteiger partial charge in [-0.3, -0.25) is 5.73 Å². The van der Waals surface area contributed by atoms with E-state index in [-0.39, 0.29) is 12.4 Å². The van der Waals surface area contributed by atoms with Gasteiger partial charge in [0.2, 0.25) is 0 Å². The van der Waals surface area contributed by atoms with Crippen LogP contribution in [0.1, 0.15) is 12.0 Å². The monoisotopic (exact) mass is 255 g/mol. The Morgan fingerprint density at radius 3 is 2.61 bits per heavy atom. The normalized spacial score (nSPS) is 16.1. The van der Waals surface area contributed by atoms with Gasteiger partial charge >= 0.3 is 0 Å². The quantitative estimate of drug-likeness (QED) is 0.825. The molecule has 0 saturated carbocycles. The summed E-state index contributed by atoms with van der Waals surface area (Å²) in [6.45, 7) is 2.47. The van der Waals surface area contributed by atoms with Crippen molar-refractivity contribution in [3.8, 4) is 0 Å². The number of morpholine rings is 1. The van der Waals surface area contributed by atoms with Crippen molar-refractivity contribution in [2.24, 2.45) is 0 Å². The molecular formula is C13H17F2N2O. The number of halogens is 2. The highest BCUT2D eigenvalue weighted by molar-refractivity contribution is 5.51. The van der Waals surface area contributed by atoms with Gasteiger partial charge in [0, 0.05) is 25.7 Å². The van der Waals surface area contributed by atoms with E-state index in [2.05, 4.69) is 0 Å². The fraction of sp³-hybridized carbons (Fsp3) is 0.538. The average Bonchev–Trinajstić information content (AvgIpc) is 2.40. The fourth-order valence-corrected chi connectivity index (χ4v) is 2.13. The minimum absolute atomic E-state index is 0.225. The van der Waals surface area contributed by atoms with E-state index in [4.69, 9.17) is 10.5 Å². The molecule has 18 heavy (non-hydrogen) atoms. The summed E-state index contributed by atoms with van der Waals surface area (Å²) in [7, 11) is 0. The summed E-state index contributed by atoms with van der Waals surface area (Å²) in [4.78, 5) is 1.81. The molecule has 1 aromatic rings. The van der Waals surface area contributed by atoms with Gasteiger partial charge in [-0.2, -0.15) is 0 Å². The maximum absolute atomic E-state index is 14.3. The highest BCUT2D eigenvalue weighted by atomic mass is 19.1. The smallest absolute Gasteiger partial charge is 0.149 e. The molecule has 1 N–H and O–H groups in total. The van der Waals surface area contributed by atoms with Crippen molar-refractivity contribution < 1.29 is 13.5 Å². The molecule has 1 saturated heterocycles. The number of anilines is 1. The van der Waals surface area contributed by atoms with Crippen molar-refractivity contribution in [1.29, 1.82) is 0 Å². The zero-order valence-corrected chi connectivity index (χ0v) is 10.2. The van der Waals surface area contributed by atoms with Gasteiger partial charge in [-0.25, -0.2) is 8.78 Å². The van der Waals surface area contributed by atoms with E-state index in [1.54, 1.807) is 0 Å². The second kappa shape index (κ2) is 6.11. The molecule has 1 aliphatic rings. The van der Waals surface area contributed by atoms with Crippen molar-refractivity contribution >= 4 is 5.69 Å². The lowest BCUT2D eigenvalue weighted by atomic mass is 10.1. The second-order valence-corrected chi connectivity index (χ2v) is 4.35. The van der Waals surface area contributed by atoms with E-state index in [1.807, 2.05) is 4.90 Å². The Labute approximate surface area is 106 Å². The van der Waals surface area contributed by atoms with Crippen molar-refractivity contribution in [1.82, 2.24) is 5.73 Å². The van der Waals surface area contributed by atoms with E-state index in [0.717, 1.165) is 0 Å². The Morgan fingerprint density at radius 2 is 1.94 bits per heavy atom. The molecule has 0 bridgehead atoms. The van der Waals surface area contributed by atoms with Crippen LogP contribution in [0.4, 0.5) is 14.5 Å². The predicted octanol–water partition coefficient (Wildman–Crippen LogP) is 2.02. The highest BCUT2D eigenvalue weighted by Crippen LogP contribution is 2.25. The zero-order valence-electron chi connectivity index (χ0n) is 10.2. The first-order valence-corrected chi connectivity index (χ1v) is 6.17. The summed E-state index contributed by atoms with van der Waals surface area (Å²) in [6, 6.07) is 2.47. The summed E-state index contributed by atoms with van der Waals surface area (Å²) in [5, 5.41) is 0. The topological polar surface area (TPSA) is 36.3 Å². The van der Waals surface area contributed by atoms with Crippen molar-refractivity contribution in [3.63, 3.8) is 0 Å². The van der Waals surface area contributed by atoms with Crippen LogP contribution in [0.25, 0.3) is 0 Å². The van der Waals surface area contributed by atoms with Crippen LogP contribution in [0.2, 0.25) is 0 Å². The average molecular weight is 255 g/mol. The Kier molecular flexibility index (Phi) is 4.49. The molecule has 1 fully saturated rings. The minimum Gasteiger partial charge on any atom is -0.378 e. The summed E-state index contributed by atoms with van der Waals surface area (Å²) in [5.74, 6) is -0.773. The third-order valence-electron chi connectivity index (χ3n) is 3.07. The van der Waals surface area contributed by atoms with Gasteiger partial charge in [0.05, 0.1) is 18.9 Å². The molecule has 1 aliphatic heterocycles. The van der Waals surface area contributed by atoms with Gasteiger partial charge in [0.1, 0.15) is 11.6 Å². The molecule has 99 valence electrons. The highest BCUT2D eigenvalue weighted by Gasteiger charge is 2.18. The van der Waals surface area contributed by atoms with Crippen LogP contribution < -0.4 is 10.6 Å². The largest absolute Gasteiger partial charge is 0.378 e. The summed E-state index contributed by atoms with van der Waals surface area (Å²) in [5.41, 5.74) is 7.76. The van der Waals surface area contributed by atoms with Crippen LogP contribution in [0, 0.1) is 11.6 Å². The third-order valence-corrected chi connectivity index (χ3v) is 3.07.